The monoisotopic (exact) mass is 368 g/mol. The molecule has 2 heterocycles. The first kappa shape index (κ1) is 16.5. The van der Waals surface area contributed by atoms with E-state index in [1.165, 1.54) is 15.3 Å². The minimum atomic E-state index is 0.588. The van der Waals surface area contributed by atoms with Crippen LogP contribution < -0.4 is 10.1 Å². The van der Waals surface area contributed by atoms with Gasteiger partial charge in [0, 0.05) is 32.5 Å². The lowest BCUT2D eigenvalue weighted by Crippen LogP contribution is -2.18. The lowest BCUT2D eigenvalue weighted by Gasteiger charge is -2.06. The molecule has 1 N–H and O–H groups in total. The van der Waals surface area contributed by atoms with Crippen molar-refractivity contribution in [2.24, 2.45) is 5.92 Å². The van der Waals surface area contributed by atoms with E-state index in [-0.39, 0.29) is 0 Å². The SMILES string of the molecule is Cc1sc(CNCC(C)C)cc1COc1cncc(Br)c1. The molecule has 0 aromatic carbocycles. The van der Waals surface area contributed by atoms with Crippen LogP contribution in [0.15, 0.2) is 29.0 Å². The zero-order valence-electron chi connectivity index (χ0n) is 12.6. The topological polar surface area (TPSA) is 34.1 Å². The Morgan fingerprint density at radius 2 is 2.14 bits per heavy atom. The van der Waals surface area contributed by atoms with E-state index >= 15 is 0 Å². The van der Waals surface area contributed by atoms with Crippen LogP contribution in [0.5, 0.6) is 5.75 Å². The molecule has 0 spiro atoms. The van der Waals surface area contributed by atoms with Gasteiger partial charge in [-0.05, 0) is 47.4 Å². The highest BCUT2D eigenvalue weighted by molar-refractivity contribution is 9.10. The molecule has 2 aromatic heterocycles. The predicted molar refractivity (Wildman–Crippen MR) is 91.9 cm³/mol. The van der Waals surface area contributed by atoms with Crippen LogP contribution in [0.2, 0.25) is 0 Å². The van der Waals surface area contributed by atoms with E-state index in [1.54, 1.807) is 12.4 Å². The number of ether oxygens (including phenoxy) is 1. The van der Waals surface area contributed by atoms with Crippen LogP contribution in [0.25, 0.3) is 0 Å². The molecule has 0 aliphatic carbocycles. The Balaban J connectivity index is 1.90. The van der Waals surface area contributed by atoms with E-state index < -0.39 is 0 Å². The summed E-state index contributed by atoms with van der Waals surface area (Å²) in [5, 5.41) is 3.48. The number of pyridine rings is 1. The molecule has 0 aliphatic heterocycles. The van der Waals surface area contributed by atoms with Gasteiger partial charge in [-0.3, -0.25) is 4.98 Å². The average Bonchev–Trinajstić information content (AvgIpc) is 2.76. The summed E-state index contributed by atoms with van der Waals surface area (Å²) in [5.41, 5.74) is 1.25. The Morgan fingerprint density at radius 1 is 1.33 bits per heavy atom. The molecule has 2 rings (SSSR count). The summed E-state index contributed by atoms with van der Waals surface area (Å²) in [6, 6.07) is 4.17. The molecule has 21 heavy (non-hydrogen) atoms. The third-order valence-electron chi connectivity index (χ3n) is 3.00. The van der Waals surface area contributed by atoms with Crippen molar-refractivity contribution in [2.45, 2.75) is 33.9 Å². The molecular weight excluding hydrogens is 348 g/mol. The lowest BCUT2D eigenvalue weighted by molar-refractivity contribution is 0.304. The van der Waals surface area contributed by atoms with Crippen LogP contribution in [-0.2, 0) is 13.2 Å². The molecule has 0 saturated heterocycles. The maximum Gasteiger partial charge on any atom is 0.139 e. The number of rotatable bonds is 7. The Labute approximate surface area is 138 Å². The van der Waals surface area contributed by atoms with Crippen molar-refractivity contribution in [3.05, 3.63) is 44.3 Å². The minimum absolute atomic E-state index is 0.588. The first-order valence-corrected chi connectivity index (χ1v) is 8.68. The van der Waals surface area contributed by atoms with Crippen LogP contribution >= 0.6 is 27.3 Å². The molecule has 0 atom stereocenters. The van der Waals surface area contributed by atoms with Gasteiger partial charge in [0.2, 0.25) is 0 Å². The number of aryl methyl sites for hydroxylation is 1. The summed E-state index contributed by atoms with van der Waals surface area (Å²) in [5.74, 6) is 1.47. The summed E-state index contributed by atoms with van der Waals surface area (Å²) in [7, 11) is 0. The fourth-order valence-corrected chi connectivity index (χ4v) is 3.30. The molecule has 0 saturated carbocycles. The number of thiophene rings is 1. The molecule has 0 aliphatic rings. The number of nitrogens with one attached hydrogen (secondary N) is 1. The molecule has 2 aromatic rings. The van der Waals surface area contributed by atoms with Crippen molar-refractivity contribution >= 4 is 27.3 Å². The number of nitrogens with zero attached hydrogens (tertiary/aromatic N) is 1. The first-order chi connectivity index (χ1) is 10.0. The molecule has 114 valence electrons. The van der Waals surface area contributed by atoms with Gasteiger partial charge in [-0.25, -0.2) is 0 Å². The maximum absolute atomic E-state index is 5.80. The number of hydrogen-bond donors (Lipinski definition) is 1. The van der Waals surface area contributed by atoms with Crippen molar-refractivity contribution in [3.63, 3.8) is 0 Å². The first-order valence-electron chi connectivity index (χ1n) is 7.07. The van der Waals surface area contributed by atoms with Crippen molar-refractivity contribution in [2.75, 3.05) is 6.54 Å². The van der Waals surface area contributed by atoms with Crippen molar-refractivity contribution < 1.29 is 4.74 Å². The molecule has 0 amide bonds. The van der Waals surface area contributed by atoms with E-state index in [2.05, 4.69) is 53.1 Å². The zero-order valence-corrected chi connectivity index (χ0v) is 15.1. The quantitative estimate of drug-likeness (QED) is 0.778. The summed E-state index contributed by atoms with van der Waals surface area (Å²) < 4.78 is 6.73. The van der Waals surface area contributed by atoms with Crippen molar-refractivity contribution in [3.8, 4) is 5.75 Å². The van der Waals surface area contributed by atoms with Gasteiger partial charge in [-0.2, -0.15) is 0 Å². The van der Waals surface area contributed by atoms with Gasteiger partial charge in [0.15, 0.2) is 0 Å². The van der Waals surface area contributed by atoms with Crippen molar-refractivity contribution in [1.29, 1.82) is 0 Å². The fourth-order valence-electron chi connectivity index (χ4n) is 1.93. The Morgan fingerprint density at radius 3 is 2.86 bits per heavy atom. The lowest BCUT2D eigenvalue weighted by atomic mass is 10.2. The smallest absolute Gasteiger partial charge is 0.139 e. The van der Waals surface area contributed by atoms with Gasteiger partial charge >= 0.3 is 0 Å². The van der Waals surface area contributed by atoms with E-state index in [1.807, 2.05) is 17.4 Å². The van der Waals surface area contributed by atoms with Gasteiger partial charge in [-0.15, -0.1) is 11.3 Å². The molecule has 0 bridgehead atoms. The third kappa shape index (κ3) is 5.41. The molecule has 5 heteroatoms. The van der Waals surface area contributed by atoms with E-state index in [9.17, 15) is 0 Å². The second-order valence-electron chi connectivity index (χ2n) is 5.45. The van der Waals surface area contributed by atoms with Crippen molar-refractivity contribution in [1.82, 2.24) is 10.3 Å². The van der Waals surface area contributed by atoms with Gasteiger partial charge < -0.3 is 10.1 Å². The van der Waals surface area contributed by atoms with Crippen LogP contribution in [-0.4, -0.2) is 11.5 Å². The van der Waals surface area contributed by atoms with Crippen LogP contribution in [0, 0.1) is 12.8 Å². The van der Waals surface area contributed by atoms with Gasteiger partial charge in [0.25, 0.3) is 0 Å². The number of halogens is 1. The second-order valence-corrected chi connectivity index (χ2v) is 7.70. The fraction of sp³-hybridized carbons (Fsp3) is 0.438. The summed E-state index contributed by atoms with van der Waals surface area (Å²) >= 11 is 5.24. The highest BCUT2D eigenvalue weighted by Gasteiger charge is 2.07. The number of aromatic nitrogens is 1. The normalized spacial score (nSPS) is 11.1. The van der Waals surface area contributed by atoms with Crippen LogP contribution in [0.3, 0.4) is 0 Å². The zero-order chi connectivity index (χ0) is 15.2. The second kappa shape index (κ2) is 7.92. The molecular formula is C16H21BrN2OS. The molecule has 0 unspecified atom stereocenters. The largest absolute Gasteiger partial charge is 0.487 e. The number of hydrogen-bond acceptors (Lipinski definition) is 4. The summed E-state index contributed by atoms with van der Waals surface area (Å²) in [6.07, 6.45) is 3.48. The average molecular weight is 369 g/mol. The Kier molecular flexibility index (Phi) is 6.21. The minimum Gasteiger partial charge on any atom is -0.487 e. The van der Waals surface area contributed by atoms with Crippen LogP contribution in [0.1, 0.15) is 29.2 Å². The Hall–Kier alpha value is -0.910. The van der Waals surface area contributed by atoms with Crippen LogP contribution in [0.4, 0.5) is 0 Å². The van der Waals surface area contributed by atoms with Gasteiger partial charge in [0.1, 0.15) is 12.4 Å². The highest BCUT2D eigenvalue weighted by Crippen LogP contribution is 2.24. The van der Waals surface area contributed by atoms with E-state index in [4.69, 9.17) is 4.74 Å². The predicted octanol–water partition coefficient (Wildman–Crippen LogP) is 4.54. The third-order valence-corrected chi connectivity index (χ3v) is 4.52. The summed E-state index contributed by atoms with van der Waals surface area (Å²) in [6.45, 7) is 9.16. The standard InChI is InChI=1S/C16H21BrN2OS/c1-11(2)6-18-9-16-4-13(12(3)21-16)10-20-15-5-14(17)7-19-8-15/h4-5,7-8,11,18H,6,9-10H2,1-3H3. The maximum atomic E-state index is 5.80. The molecule has 0 fully saturated rings. The van der Waals surface area contributed by atoms with Gasteiger partial charge in [-0.1, -0.05) is 13.8 Å². The van der Waals surface area contributed by atoms with E-state index in [0.29, 0.717) is 12.5 Å². The molecule has 0 radical (unpaired) electrons. The molecule has 3 nitrogen and oxygen atoms in total. The van der Waals surface area contributed by atoms with Gasteiger partial charge in [0.05, 0.1) is 6.20 Å². The van der Waals surface area contributed by atoms with E-state index in [0.717, 1.165) is 23.3 Å². The Bertz CT molecular complexity index is 583. The summed E-state index contributed by atoms with van der Waals surface area (Å²) in [4.78, 5) is 6.78. The highest BCUT2D eigenvalue weighted by atomic mass is 79.9.